The lowest BCUT2D eigenvalue weighted by Gasteiger charge is -2.17. The van der Waals surface area contributed by atoms with Gasteiger partial charge >= 0.3 is 0 Å². The van der Waals surface area contributed by atoms with Gasteiger partial charge < -0.3 is 15.1 Å². The molecule has 0 radical (unpaired) electrons. The molecule has 0 unspecified atom stereocenters. The highest BCUT2D eigenvalue weighted by Gasteiger charge is 2.12. The van der Waals surface area contributed by atoms with E-state index in [-0.39, 0.29) is 12.5 Å². The fourth-order valence-corrected chi connectivity index (χ4v) is 0.737. The molecule has 0 spiro atoms. The predicted molar refractivity (Wildman–Crippen MR) is 41.0 cm³/mol. The fraction of sp³-hybridized carbons (Fsp3) is 0.857. The van der Waals surface area contributed by atoms with Crippen molar-refractivity contribution in [1.82, 2.24) is 4.90 Å². The van der Waals surface area contributed by atoms with Crippen LogP contribution in [0.5, 0.6) is 0 Å². The summed E-state index contributed by atoms with van der Waals surface area (Å²) in [5, 5.41) is 17.3. The second kappa shape index (κ2) is 5.09. The van der Waals surface area contributed by atoms with E-state index in [1.54, 1.807) is 7.05 Å². The zero-order chi connectivity index (χ0) is 8.85. The minimum Gasteiger partial charge on any atom is -0.396 e. The molecule has 0 rings (SSSR count). The van der Waals surface area contributed by atoms with Crippen LogP contribution in [0.15, 0.2) is 0 Å². The topological polar surface area (TPSA) is 60.8 Å². The summed E-state index contributed by atoms with van der Waals surface area (Å²) >= 11 is 0. The zero-order valence-electron chi connectivity index (χ0n) is 6.95. The molecule has 4 nitrogen and oxygen atoms in total. The van der Waals surface area contributed by atoms with Gasteiger partial charge in [0, 0.05) is 20.2 Å². The van der Waals surface area contributed by atoms with Crippen molar-refractivity contribution in [3.05, 3.63) is 0 Å². The van der Waals surface area contributed by atoms with Crippen molar-refractivity contribution < 1.29 is 15.0 Å². The molecule has 0 bridgehead atoms. The molecule has 0 fully saturated rings. The molecule has 4 heteroatoms. The molecular weight excluding hydrogens is 146 g/mol. The van der Waals surface area contributed by atoms with E-state index < -0.39 is 6.10 Å². The van der Waals surface area contributed by atoms with Gasteiger partial charge in [0.1, 0.15) is 6.10 Å². The molecule has 66 valence electrons. The first-order chi connectivity index (χ1) is 5.09. The van der Waals surface area contributed by atoms with Crippen molar-refractivity contribution in [3.8, 4) is 0 Å². The van der Waals surface area contributed by atoms with Gasteiger partial charge in [-0.2, -0.15) is 0 Å². The first kappa shape index (κ1) is 10.4. The number of aliphatic hydroxyl groups is 2. The molecule has 1 atom stereocenters. The summed E-state index contributed by atoms with van der Waals surface area (Å²) in [4.78, 5) is 12.3. The summed E-state index contributed by atoms with van der Waals surface area (Å²) in [6.45, 7) is 1.98. The SMILES string of the molecule is C[C@H](O)C(=O)N(C)CCCO. The van der Waals surface area contributed by atoms with Crippen LogP contribution in [0.4, 0.5) is 0 Å². The number of hydrogen-bond acceptors (Lipinski definition) is 3. The highest BCUT2D eigenvalue weighted by Crippen LogP contribution is 1.92. The first-order valence-electron chi connectivity index (χ1n) is 3.63. The Morgan fingerprint density at radius 2 is 2.18 bits per heavy atom. The lowest BCUT2D eigenvalue weighted by molar-refractivity contribution is -0.137. The van der Waals surface area contributed by atoms with Gasteiger partial charge in [-0.05, 0) is 13.3 Å². The quantitative estimate of drug-likeness (QED) is 0.568. The summed E-state index contributed by atoms with van der Waals surface area (Å²) < 4.78 is 0. The molecule has 0 aliphatic carbocycles. The van der Waals surface area contributed by atoms with E-state index in [4.69, 9.17) is 10.2 Å². The highest BCUT2D eigenvalue weighted by molar-refractivity contribution is 5.79. The molecule has 0 aliphatic rings. The molecule has 0 aliphatic heterocycles. The van der Waals surface area contributed by atoms with Crippen LogP contribution in [0.2, 0.25) is 0 Å². The molecular formula is C7H15NO3. The number of amides is 1. The van der Waals surface area contributed by atoms with Gasteiger partial charge in [-0.1, -0.05) is 0 Å². The molecule has 0 aromatic heterocycles. The lowest BCUT2D eigenvalue weighted by atomic mass is 10.3. The average Bonchev–Trinajstić information content (AvgIpc) is 1.98. The van der Waals surface area contributed by atoms with E-state index in [2.05, 4.69) is 0 Å². The second-order valence-corrected chi connectivity index (χ2v) is 2.51. The summed E-state index contributed by atoms with van der Waals surface area (Å²) in [7, 11) is 1.60. The summed E-state index contributed by atoms with van der Waals surface area (Å²) in [6.07, 6.45) is -0.395. The van der Waals surface area contributed by atoms with Crippen LogP contribution in [-0.2, 0) is 4.79 Å². The Labute approximate surface area is 66.4 Å². The number of nitrogens with zero attached hydrogens (tertiary/aromatic N) is 1. The van der Waals surface area contributed by atoms with Gasteiger partial charge in [-0.3, -0.25) is 4.79 Å². The van der Waals surface area contributed by atoms with Crippen molar-refractivity contribution in [2.24, 2.45) is 0 Å². The number of hydrogen-bond donors (Lipinski definition) is 2. The maximum Gasteiger partial charge on any atom is 0.250 e. The summed E-state index contributed by atoms with van der Waals surface area (Å²) in [6, 6.07) is 0. The maximum absolute atomic E-state index is 10.9. The standard InChI is InChI=1S/C7H15NO3/c1-6(10)7(11)8(2)4-3-5-9/h6,9-10H,3-5H2,1-2H3/t6-/m0/s1. The van der Waals surface area contributed by atoms with Gasteiger partial charge in [-0.25, -0.2) is 0 Å². The van der Waals surface area contributed by atoms with Gasteiger partial charge in [0.05, 0.1) is 0 Å². The van der Waals surface area contributed by atoms with Crippen molar-refractivity contribution in [2.45, 2.75) is 19.4 Å². The molecule has 11 heavy (non-hydrogen) atoms. The minimum absolute atomic E-state index is 0.0669. The molecule has 0 saturated carbocycles. The number of carbonyl (C=O) groups is 1. The van der Waals surface area contributed by atoms with E-state index in [0.29, 0.717) is 13.0 Å². The Kier molecular flexibility index (Phi) is 4.81. The van der Waals surface area contributed by atoms with Crippen LogP contribution >= 0.6 is 0 Å². The van der Waals surface area contributed by atoms with E-state index in [0.717, 1.165) is 0 Å². The van der Waals surface area contributed by atoms with Crippen molar-refractivity contribution >= 4 is 5.91 Å². The molecule has 0 aromatic carbocycles. The first-order valence-corrected chi connectivity index (χ1v) is 3.63. The highest BCUT2D eigenvalue weighted by atomic mass is 16.3. The van der Waals surface area contributed by atoms with E-state index in [9.17, 15) is 4.79 Å². The van der Waals surface area contributed by atoms with Crippen LogP contribution in [0.1, 0.15) is 13.3 Å². The second-order valence-electron chi connectivity index (χ2n) is 2.51. The van der Waals surface area contributed by atoms with Gasteiger partial charge in [0.15, 0.2) is 0 Å². The third kappa shape index (κ3) is 3.95. The third-order valence-electron chi connectivity index (χ3n) is 1.39. The molecule has 0 aromatic rings. The smallest absolute Gasteiger partial charge is 0.250 e. The van der Waals surface area contributed by atoms with Crippen LogP contribution in [0.3, 0.4) is 0 Å². The van der Waals surface area contributed by atoms with Crippen LogP contribution in [0.25, 0.3) is 0 Å². The Hall–Kier alpha value is -0.610. The predicted octanol–water partition coefficient (Wildman–Crippen LogP) is -0.792. The van der Waals surface area contributed by atoms with Crippen LogP contribution in [0, 0.1) is 0 Å². The van der Waals surface area contributed by atoms with E-state index in [1.807, 2.05) is 0 Å². The Bertz CT molecular complexity index is 125. The van der Waals surface area contributed by atoms with Gasteiger partial charge in [0.2, 0.25) is 0 Å². The van der Waals surface area contributed by atoms with E-state index >= 15 is 0 Å². The van der Waals surface area contributed by atoms with Gasteiger partial charge in [0.25, 0.3) is 5.91 Å². The summed E-state index contributed by atoms with van der Waals surface area (Å²) in [5.74, 6) is -0.307. The van der Waals surface area contributed by atoms with Gasteiger partial charge in [-0.15, -0.1) is 0 Å². The minimum atomic E-state index is -0.946. The number of aliphatic hydroxyl groups excluding tert-OH is 2. The molecule has 0 heterocycles. The number of rotatable bonds is 4. The Balaban J connectivity index is 3.64. The number of likely N-dealkylation sites (N-methyl/N-ethyl adjacent to an activating group) is 1. The normalized spacial score (nSPS) is 12.7. The van der Waals surface area contributed by atoms with Crippen LogP contribution < -0.4 is 0 Å². The van der Waals surface area contributed by atoms with Crippen LogP contribution in [-0.4, -0.2) is 47.3 Å². The fourth-order valence-electron chi connectivity index (χ4n) is 0.737. The van der Waals surface area contributed by atoms with Crippen molar-refractivity contribution in [3.63, 3.8) is 0 Å². The Morgan fingerprint density at radius 3 is 2.55 bits per heavy atom. The van der Waals surface area contributed by atoms with Crippen molar-refractivity contribution in [2.75, 3.05) is 20.2 Å². The monoisotopic (exact) mass is 161 g/mol. The van der Waals surface area contributed by atoms with Crippen molar-refractivity contribution in [1.29, 1.82) is 0 Å². The van der Waals surface area contributed by atoms with E-state index in [1.165, 1.54) is 11.8 Å². The average molecular weight is 161 g/mol. The Morgan fingerprint density at radius 1 is 1.64 bits per heavy atom. The largest absolute Gasteiger partial charge is 0.396 e. The lowest BCUT2D eigenvalue weighted by Crippen LogP contribution is -2.35. The summed E-state index contributed by atoms with van der Waals surface area (Å²) in [5.41, 5.74) is 0. The molecule has 2 N–H and O–H groups in total. The molecule has 0 saturated heterocycles. The maximum atomic E-state index is 10.9. The zero-order valence-corrected chi connectivity index (χ0v) is 6.95. The molecule has 1 amide bonds. The third-order valence-corrected chi connectivity index (χ3v) is 1.39. The number of carbonyl (C=O) groups excluding carboxylic acids is 1.